The van der Waals surface area contributed by atoms with E-state index in [1.54, 1.807) is 12.4 Å². The van der Waals surface area contributed by atoms with Crippen LogP contribution >= 0.6 is 11.3 Å². The van der Waals surface area contributed by atoms with Gasteiger partial charge in [0.25, 0.3) is 5.56 Å². The highest BCUT2D eigenvalue weighted by Gasteiger charge is 1.99. The molecule has 0 fully saturated rings. The minimum atomic E-state index is -0.199. The van der Waals surface area contributed by atoms with Crippen molar-refractivity contribution in [2.45, 2.75) is 0 Å². The molecule has 60 valence electrons. The maximum absolute atomic E-state index is 10.7. The van der Waals surface area contributed by atoms with E-state index < -0.39 is 0 Å². The first-order valence-corrected chi connectivity index (χ1v) is 4.19. The fraction of sp³-hybridized carbons (Fsp3) is 0. The van der Waals surface area contributed by atoms with Crippen LogP contribution in [0.15, 0.2) is 28.8 Å². The summed E-state index contributed by atoms with van der Waals surface area (Å²) in [7, 11) is 0. The first-order valence-electron chi connectivity index (χ1n) is 3.31. The van der Waals surface area contributed by atoms with Crippen LogP contribution in [0.3, 0.4) is 0 Å². The van der Waals surface area contributed by atoms with Crippen LogP contribution in [-0.2, 0) is 0 Å². The Morgan fingerprint density at radius 3 is 2.92 bits per heavy atom. The smallest absolute Gasteiger partial charge is 0.266 e. The van der Waals surface area contributed by atoms with E-state index in [0.29, 0.717) is 5.69 Å². The van der Waals surface area contributed by atoms with Crippen molar-refractivity contribution in [3.63, 3.8) is 0 Å². The van der Waals surface area contributed by atoms with Crippen LogP contribution < -0.4 is 5.56 Å². The molecule has 4 nitrogen and oxygen atoms in total. The third kappa shape index (κ3) is 1.26. The number of nitrogens with one attached hydrogen (secondary N) is 1. The van der Waals surface area contributed by atoms with Gasteiger partial charge in [-0.1, -0.05) is 0 Å². The van der Waals surface area contributed by atoms with E-state index in [0.717, 1.165) is 5.01 Å². The Labute approximate surface area is 71.9 Å². The molecule has 12 heavy (non-hydrogen) atoms. The lowest BCUT2D eigenvalue weighted by Gasteiger charge is -1.90. The van der Waals surface area contributed by atoms with Crippen LogP contribution in [0.1, 0.15) is 0 Å². The van der Waals surface area contributed by atoms with Gasteiger partial charge < -0.3 is 4.98 Å². The Kier molecular flexibility index (Phi) is 1.71. The summed E-state index contributed by atoms with van der Waals surface area (Å²) in [5, 5.41) is 2.67. The van der Waals surface area contributed by atoms with Gasteiger partial charge in [-0.05, 0) is 0 Å². The zero-order valence-electron chi connectivity index (χ0n) is 6.02. The van der Waals surface area contributed by atoms with E-state index in [1.165, 1.54) is 17.5 Å². The van der Waals surface area contributed by atoms with Gasteiger partial charge in [0.05, 0.1) is 6.20 Å². The van der Waals surface area contributed by atoms with E-state index in [2.05, 4.69) is 15.0 Å². The Morgan fingerprint density at radius 1 is 1.42 bits per heavy atom. The molecule has 1 N–H and O–H groups in total. The highest BCUT2D eigenvalue weighted by molar-refractivity contribution is 7.13. The maximum Gasteiger partial charge on any atom is 0.266 e. The molecule has 0 saturated heterocycles. The number of H-pyrrole nitrogens is 1. The van der Waals surface area contributed by atoms with Crippen LogP contribution in [0, 0.1) is 0 Å². The standard InChI is InChI=1S/C7H5N3OS/c11-6-4-9-5(3-10-6)7-8-1-2-12-7/h1-4H,(H,10,11). The third-order valence-electron chi connectivity index (χ3n) is 1.32. The number of thiazole rings is 1. The van der Waals surface area contributed by atoms with E-state index in [-0.39, 0.29) is 5.56 Å². The largest absolute Gasteiger partial charge is 0.326 e. The molecule has 0 aliphatic rings. The first kappa shape index (κ1) is 7.17. The fourth-order valence-corrected chi connectivity index (χ4v) is 1.41. The van der Waals surface area contributed by atoms with Crippen molar-refractivity contribution in [3.05, 3.63) is 34.3 Å². The molecule has 0 atom stereocenters. The van der Waals surface area contributed by atoms with Crippen LogP contribution in [0.4, 0.5) is 0 Å². The number of nitrogens with zero attached hydrogens (tertiary/aromatic N) is 2. The molecule has 0 aliphatic carbocycles. The molecule has 0 aromatic carbocycles. The first-order chi connectivity index (χ1) is 5.86. The molecule has 0 aliphatic heterocycles. The quantitative estimate of drug-likeness (QED) is 0.707. The average Bonchev–Trinajstić information content (AvgIpc) is 2.58. The number of hydrogen-bond acceptors (Lipinski definition) is 4. The summed E-state index contributed by atoms with van der Waals surface area (Å²) < 4.78 is 0. The van der Waals surface area contributed by atoms with Crippen molar-refractivity contribution in [1.82, 2.24) is 15.0 Å². The fourth-order valence-electron chi connectivity index (χ4n) is 0.809. The van der Waals surface area contributed by atoms with E-state index in [1.807, 2.05) is 5.38 Å². The number of hydrogen-bond donors (Lipinski definition) is 1. The van der Waals surface area contributed by atoms with Crippen molar-refractivity contribution in [1.29, 1.82) is 0 Å². The second-order valence-electron chi connectivity index (χ2n) is 2.13. The molecule has 0 spiro atoms. The topological polar surface area (TPSA) is 58.6 Å². The molecule has 2 heterocycles. The normalized spacial score (nSPS) is 10.0. The predicted molar refractivity (Wildman–Crippen MR) is 46.0 cm³/mol. The van der Waals surface area contributed by atoms with Crippen LogP contribution in [0.2, 0.25) is 0 Å². The second kappa shape index (κ2) is 2.86. The Bertz CT molecular complexity index is 400. The highest BCUT2D eigenvalue weighted by Crippen LogP contribution is 2.16. The Hall–Kier alpha value is -1.49. The number of rotatable bonds is 1. The van der Waals surface area contributed by atoms with E-state index >= 15 is 0 Å². The molecular formula is C7H5N3OS. The zero-order chi connectivity index (χ0) is 8.39. The molecule has 0 amide bonds. The minimum absolute atomic E-state index is 0.199. The lowest BCUT2D eigenvalue weighted by atomic mass is 10.5. The zero-order valence-corrected chi connectivity index (χ0v) is 6.84. The molecule has 5 heteroatoms. The molecule has 2 rings (SSSR count). The summed E-state index contributed by atoms with van der Waals surface area (Å²) in [6.07, 6.45) is 4.50. The number of aromatic amines is 1. The summed E-state index contributed by atoms with van der Waals surface area (Å²) in [6.45, 7) is 0. The van der Waals surface area contributed by atoms with Crippen LogP contribution in [-0.4, -0.2) is 15.0 Å². The van der Waals surface area contributed by atoms with Gasteiger partial charge in [-0.25, -0.2) is 9.97 Å². The van der Waals surface area contributed by atoms with Crippen LogP contribution in [0.25, 0.3) is 10.7 Å². The van der Waals surface area contributed by atoms with Crippen molar-refractivity contribution < 1.29 is 0 Å². The summed E-state index contributed by atoms with van der Waals surface area (Å²) in [5.41, 5.74) is 0.500. The summed E-state index contributed by atoms with van der Waals surface area (Å²) >= 11 is 1.49. The predicted octanol–water partition coefficient (Wildman–Crippen LogP) is 0.893. The van der Waals surface area contributed by atoms with Gasteiger partial charge in [0, 0.05) is 17.8 Å². The van der Waals surface area contributed by atoms with Gasteiger partial charge in [-0.2, -0.15) is 0 Å². The van der Waals surface area contributed by atoms with Crippen LogP contribution in [0.5, 0.6) is 0 Å². The molecule has 2 aromatic heterocycles. The highest BCUT2D eigenvalue weighted by atomic mass is 32.1. The Balaban J connectivity index is 2.49. The van der Waals surface area contributed by atoms with Gasteiger partial charge in [-0.3, -0.25) is 4.79 Å². The molecule has 0 bridgehead atoms. The third-order valence-corrected chi connectivity index (χ3v) is 2.12. The summed E-state index contributed by atoms with van der Waals surface area (Å²) in [5.74, 6) is 0. The van der Waals surface area contributed by atoms with Crippen molar-refractivity contribution in [2.75, 3.05) is 0 Å². The second-order valence-corrected chi connectivity index (χ2v) is 3.03. The average molecular weight is 179 g/mol. The van der Waals surface area contributed by atoms with Gasteiger partial charge in [0.1, 0.15) is 10.7 Å². The monoisotopic (exact) mass is 179 g/mol. The molecule has 0 saturated carbocycles. The minimum Gasteiger partial charge on any atom is -0.326 e. The lowest BCUT2D eigenvalue weighted by molar-refractivity contribution is 1.14. The molecular weight excluding hydrogens is 174 g/mol. The number of aromatic nitrogens is 3. The molecule has 0 unspecified atom stereocenters. The SMILES string of the molecule is O=c1cnc(-c2nccs2)c[nH]1. The Morgan fingerprint density at radius 2 is 2.33 bits per heavy atom. The van der Waals surface area contributed by atoms with Crippen molar-refractivity contribution in [3.8, 4) is 10.7 Å². The lowest BCUT2D eigenvalue weighted by Crippen LogP contribution is -2.04. The summed E-state index contributed by atoms with van der Waals surface area (Å²) in [6, 6.07) is 0. The molecule has 0 radical (unpaired) electrons. The summed E-state index contributed by atoms with van der Waals surface area (Å²) in [4.78, 5) is 21.2. The molecule has 2 aromatic rings. The van der Waals surface area contributed by atoms with Gasteiger partial charge >= 0.3 is 0 Å². The van der Waals surface area contributed by atoms with Gasteiger partial charge in [0.2, 0.25) is 0 Å². The van der Waals surface area contributed by atoms with Gasteiger partial charge in [-0.15, -0.1) is 11.3 Å². The van der Waals surface area contributed by atoms with Crippen molar-refractivity contribution >= 4 is 11.3 Å². The van der Waals surface area contributed by atoms with E-state index in [9.17, 15) is 4.79 Å². The maximum atomic E-state index is 10.7. The van der Waals surface area contributed by atoms with E-state index in [4.69, 9.17) is 0 Å². The van der Waals surface area contributed by atoms with Gasteiger partial charge in [0.15, 0.2) is 0 Å². The van der Waals surface area contributed by atoms with Crippen molar-refractivity contribution in [2.24, 2.45) is 0 Å².